The SMILES string of the molecule is CC(C)C[C@H](N)C(=O)N[C@@H](CO)[C@@H](O)[C@@H](O)[C@H](O)C(=O)N[C@H](CC(=O)O)c1ccccc1. The number of aliphatic hydroxyl groups is 4. The first-order valence-corrected chi connectivity index (χ1v) is 10.3. The fourth-order valence-corrected chi connectivity index (χ4v) is 3.09. The maximum atomic E-state index is 12.4. The van der Waals surface area contributed by atoms with Crippen LogP contribution in [0.3, 0.4) is 0 Å². The van der Waals surface area contributed by atoms with Crippen LogP contribution in [0, 0.1) is 5.92 Å². The Hall–Kier alpha value is -2.57. The Kier molecular flexibility index (Phi) is 11.2. The number of hydrogen-bond acceptors (Lipinski definition) is 8. The quantitative estimate of drug-likeness (QED) is 0.170. The van der Waals surface area contributed by atoms with E-state index in [1.54, 1.807) is 30.3 Å². The predicted molar refractivity (Wildman–Crippen MR) is 114 cm³/mol. The van der Waals surface area contributed by atoms with Crippen LogP contribution in [-0.2, 0) is 14.4 Å². The molecule has 0 bridgehead atoms. The minimum Gasteiger partial charge on any atom is -0.481 e. The van der Waals surface area contributed by atoms with Gasteiger partial charge in [0.15, 0.2) is 6.10 Å². The van der Waals surface area contributed by atoms with Gasteiger partial charge in [-0.05, 0) is 17.9 Å². The third kappa shape index (κ3) is 8.52. The molecule has 0 unspecified atom stereocenters. The van der Waals surface area contributed by atoms with Crippen LogP contribution >= 0.6 is 0 Å². The standard InChI is InChI=1S/C21H33N3O8/c1-11(2)8-13(22)20(31)24-15(10-25)17(28)18(29)19(30)21(32)23-14(9-16(26)27)12-6-4-3-5-7-12/h3-7,11,13-15,17-19,25,28-30H,8-10,22H2,1-2H3,(H,23,32)(H,24,31)(H,26,27)/t13-,14+,15-,17+,18+,19-/m0/s1. The van der Waals surface area contributed by atoms with Crippen LogP contribution in [0.4, 0.5) is 0 Å². The van der Waals surface area contributed by atoms with Crippen LogP contribution in [0.1, 0.15) is 38.3 Å². The van der Waals surface area contributed by atoms with Crippen LogP contribution < -0.4 is 16.4 Å². The summed E-state index contributed by atoms with van der Waals surface area (Å²) >= 11 is 0. The molecule has 11 nitrogen and oxygen atoms in total. The molecule has 0 spiro atoms. The van der Waals surface area contributed by atoms with Crippen molar-refractivity contribution < 1.29 is 39.9 Å². The molecular weight excluding hydrogens is 422 g/mol. The topological polar surface area (TPSA) is 202 Å². The molecule has 0 aliphatic heterocycles. The summed E-state index contributed by atoms with van der Waals surface area (Å²) in [6.45, 7) is 2.92. The second-order valence-corrected chi connectivity index (χ2v) is 8.03. The van der Waals surface area contributed by atoms with E-state index in [0.717, 1.165) is 0 Å². The van der Waals surface area contributed by atoms with E-state index < -0.39 is 67.2 Å². The highest BCUT2D eigenvalue weighted by Crippen LogP contribution is 2.17. The van der Waals surface area contributed by atoms with E-state index in [9.17, 15) is 34.8 Å². The monoisotopic (exact) mass is 455 g/mol. The number of rotatable bonds is 13. The normalized spacial score (nSPS) is 17.0. The van der Waals surface area contributed by atoms with E-state index in [-0.39, 0.29) is 5.92 Å². The van der Waals surface area contributed by atoms with Gasteiger partial charge in [-0.2, -0.15) is 0 Å². The number of aliphatic carboxylic acids is 1. The first-order chi connectivity index (χ1) is 15.0. The fourth-order valence-electron chi connectivity index (χ4n) is 3.09. The third-order valence-electron chi connectivity index (χ3n) is 4.84. The zero-order valence-corrected chi connectivity index (χ0v) is 18.1. The zero-order valence-electron chi connectivity index (χ0n) is 18.1. The van der Waals surface area contributed by atoms with E-state index in [1.165, 1.54) is 0 Å². The van der Waals surface area contributed by atoms with Crippen molar-refractivity contribution in [1.29, 1.82) is 0 Å². The van der Waals surface area contributed by atoms with Gasteiger partial charge in [0.05, 0.1) is 31.2 Å². The highest BCUT2D eigenvalue weighted by molar-refractivity contribution is 5.83. The van der Waals surface area contributed by atoms with Crippen LogP contribution in [0.15, 0.2) is 30.3 Å². The maximum Gasteiger partial charge on any atom is 0.305 e. The van der Waals surface area contributed by atoms with E-state index >= 15 is 0 Å². The van der Waals surface area contributed by atoms with Crippen molar-refractivity contribution in [2.24, 2.45) is 11.7 Å². The molecule has 0 aliphatic rings. The molecule has 11 heteroatoms. The van der Waals surface area contributed by atoms with Crippen LogP contribution in [0.2, 0.25) is 0 Å². The van der Waals surface area contributed by atoms with Gasteiger partial charge in [-0.1, -0.05) is 44.2 Å². The van der Waals surface area contributed by atoms with Gasteiger partial charge in [0.25, 0.3) is 5.91 Å². The minimum atomic E-state index is -2.17. The number of amides is 2. The van der Waals surface area contributed by atoms with Crippen molar-refractivity contribution in [2.45, 2.75) is 63.1 Å². The van der Waals surface area contributed by atoms with Gasteiger partial charge < -0.3 is 41.9 Å². The largest absolute Gasteiger partial charge is 0.481 e. The number of nitrogens with one attached hydrogen (secondary N) is 2. The third-order valence-corrected chi connectivity index (χ3v) is 4.84. The molecule has 180 valence electrons. The molecule has 2 amide bonds. The maximum absolute atomic E-state index is 12.4. The first kappa shape index (κ1) is 27.5. The van der Waals surface area contributed by atoms with Gasteiger partial charge in [0.2, 0.25) is 5.91 Å². The lowest BCUT2D eigenvalue weighted by atomic mass is 9.98. The molecule has 0 aliphatic carbocycles. The highest BCUT2D eigenvalue weighted by atomic mass is 16.4. The van der Waals surface area contributed by atoms with Crippen LogP contribution in [-0.4, -0.2) is 80.3 Å². The number of benzene rings is 1. The number of aliphatic hydroxyl groups excluding tert-OH is 4. The van der Waals surface area contributed by atoms with Crippen molar-refractivity contribution in [2.75, 3.05) is 6.61 Å². The zero-order chi connectivity index (χ0) is 24.4. The van der Waals surface area contributed by atoms with Gasteiger partial charge in [-0.15, -0.1) is 0 Å². The number of nitrogens with two attached hydrogens (primary N) is 1. The average Bonchev–Trinajstić information content (AvgIpc) is 2.74. The van der Waals surface area contributed by atoms with Gasteiger partial charge in [-0.25, -0.2) is 0 Å². The summed E-state index contributed by atoms with van der Waals surface area (Å²) in [4.78, 5) is 35.7. The van der Waals surface area contributed by atoms with E-state index in [1.807, 2.05) is 13.8 Å². The van der Waals surface area contributed by atoms with Crippen molar-refractivity contribution in [3.8, 4) is 0 Å². The second-order valence-electron chi connectivity index (χ2n) is 8.03. The molecule has 6 atom stereocenters. The molecule has 1 rings (SSSR count). The van der Waals surface area contributed by atoms with Gasteiger partial charge in [0.1, 0.15) is 12.2 Å². The summed E-state index contributed by atoms with van der Waals surface area (Å²) in [5.41, 5.74) is 6.22. The Morgan fingerprint density at radius 1 is 0.969 bits per heavy atom. The number of carbonyl (C=O) groups is 3. The molecule has 0 saturated carbocycles. The number of carbonyl (C=O) groups excluding carboxylic acids is 2. The Bertz CT molecular complexity index is 746. The summed E-state index contributed by atoms with van der Waals surface area (Å²) in [5, 5.41) is 54.0. The fraction of sp³-hybridized carbons (Fsp3) is 0.571. The molecule has 32 heavy (non-hydrogen) atoms. The lowest BCUT2D eigenvalue weighted by molar-refractivity contribution is -0.145. The molecule has 0 aromatic heterocycles. The molecule has 0 fully saturated rings. The predicted octanol–water partition coefficient (Wildman–Crippen LogP) is -1.75. The van der Waals surface area contributed by atoms with Crippen molar-refractivity contribution in [3.63, 3.8) is 0 Å². The van der Waals surface area contributed by atoms with Gasteiger partial charge in [-0.3, -0.25) is 14.4 Å². The molecule has 0 radical (unpaired) electrons. The Morgan fingerprint density at radius 2 is 1.56 bits per heavy atom. The van der Waals surface area contributed by atoms with E-state index in [0.29, 0.717) is 12.0 Å². The van der Waals surface area contributed by atoms with Gasteiger partial charge >= 0.3 is 5.97 Å². The van der Waals surface area contributed by atoms with Crippen molar-refractivity contribution in [3.05, 3.63) is 35.9 Å². The first-order valence-electron chi connectivity index (χ1n) is 10.3. The lowest BCUT2D eigenvalue weighted by Gasteiger charge is -2.30. The molecule has 9 N–H and O–H groups in total. The Balaban J connectivity index is 2.83. The van der Waals surface area contributed by atoms with Crippen molar-refractivity contribution in [1.82, 2.24) is 10.6 Å². The summed E-state index contributed by atoms with van der Waals surface area (Å²) in [6, 6.07) is 4.85. The summed E-state index contributed by atoms with van der Waals surface area (Å²) in [5.74, 6) is -2.89. The van der Waals surface area contributed by atoms with Crippen molar-refractivity contribution >= 4 is 17.8 Å². The lowest BCUT2D eigenvalue weighted by Crippen LogP contribution is -2.58. The average molecular weight is 456 g/mol. The molecule has 1 aromatic carbocycles. The summed E-state index contributed by atoms with van der Waals surface area (Å²) in [6.07, 6.45) is -6.30. The number of carboxylic acids is 1. The molecule has 0 heterocycles. The number of hydrogen-bond donors (Lipinski definition) is 8. The summed E-state index contributed by atoms with van der Waals surface area (Å²) < 4.78 is 0. The van der Waals surface area contributed by atoms with E-state index in [4.69, 9.17) is 10.8 Å². The minimum absolute atomic E-state index is 0.118. The molecule has 1 aromatic rings. The van der Waals surface area contributed by atoms with Crippen LogP contribution in [0.25, 0.3) is 0 Å². The summed E-state index contributed by atoms with van der Waals surface area (Å²) in [7, 11) is 0. The Labute approximate surface area is 186 Å². The highest BCUT2D eigenvalue weighted by Gasteiger charge is 2.37. The van der Waals surface area contributed by atoms with Gasteiger partial charge in [0, 0.05) is 0 Å². The second kappa shape index (κ2) is 13.1. The molecule has 0 saturated heterocycles. The van der Waals surface area contributed by atoms with E-state index in [2.05, 4.69) is 10.6 Å². The smallest absolute Gasteiger partial charge is 0.305 e. The van der Waals surface area contributed by atoms with Crippen LogP contribution in [0.5, 0.6) is 0 Å². The number of carboxylic acid groups (broad SMARTS) is 1. The Morgan fingerprint density at radius 3 is 2.06 bits per heavy atom. The molecular formula is C21H33N3O8.